The van der Waals surface area contributed by atoms with Gasteiger partial charge in [0.15, 0.2) is 5.54 Å². The Balaban J connectivity index is 2.13. The smallest absolute Gasteiger partial charge is 0.335 e. The normalized spacial score (nSPS) is 21.4. The SMILES string of the molecule is O=C1C[C@@](C(=O)O)(c2ccccc2)N1c1ccccc1. The molecule has 1 heterocycles. The molecule has 2 aromatic carbocycles. The molecule has 3 rings (SSSR count). The van der Waals surface area contributed by atoms with Crippen LogP contribution in [0.15, 0.2) is 60.7 Å². The summed E-state index contributed by atoms with van der Waals surface area (Å²) in [6, 6.07) is 17.8. The fourth-order valence-corrected chi connectivity index (χ4v) is 2.68. The summed E-state index contributed by atoms with van der Waals surface area (Å²) in [5.74, 6) is -1.19. The average Bonchev–Trinajstić information content (AvgIpc) is 2.46. The first-order valence-electron chi connectivity index (χ1n) is 6.33. The molecule has 1 aliphatic heterocycles. The maximum absolute atomic E-state index is 12.0. The molecular weight excluding hydrogens is 254 g/mol. The van der Waals surface area contributed by atoms with Crippen molar-refractivity contribution in [2.45, 2.75) is 12.0 Å². The number of hydrogen-bond donors (Lipinski definition) is 1. The second-order valence-corrected chi connectivity index (χ2v) is 4.77. The largest absolute Gasteiger partial charge is 0.479 e. The number of rotatable bonds is 3. The molecule has 0 saturated carbocycles. The van der Waals surface area contributed by atoms with E-state index in [-0.39, 0.29) is 12.3 Å². The zero-order valence-electron chi connectivity index (χ0n) is 10.7. The maximum atomic E-state index is 12.0. The van der Waals surface area contributed by atoms with Gasteiger partial charge >= 0.3 is 5.97 Å². The molecule has 4 nitrogen and oxygen atoms in total. The van der Waals surface area contributed by atoms with E-state index in [1.807, 2.05) is 12.1 Å². The van der Waals surface area contributed by atoms with Crippen LogP contribution in [0, 0.1) is 0 Å². The minimum atomic E-state index is -1.29. The summed E-state index contributed by atoms with van der Waals surface area (Å²) in [4.78, 5) is 25.2. The second-order valence-electron chi connectivity index (χ2n) is 4.77. The van der Waals surface area contributed by atoms with E-state index in [2.05, 4.69) is 0 Å². The van der Waals surface area contributed by atoms with Crippen molar-refractivity contribution in [2.24, 2.45) is 0 Å². The molecule has 4 heteroatoms. The van der Waals surface area contributed by atoms with Gasteiger partial charge in [0.2, 0.25) is 5.91 Å². The summed E-state index contributed by atoms with van der Waals surface area (Å²) in [5, 5.41) is 9.69. The van der Waals surface area contributed by atoms with E-state index in [0.29, 0.717) is 11.3 Å². The predicted molar refractivity (Wildman–Crippen MR) is 74.3 cm³/mol. The first kappa shape index (κ1) is 12.4. The van der Waals surface area contributed by atoms with Crippen LogP contribution in [0.2, 0.25) is 0 Å². The highest BCUT2D eigenvalue weighted by molar-refractivity contribution is 6.12. The van der Waals surface area contributed by atoms with Gasteiger partial charge in [0.05, 0.1) is 6.42 Å². The van der Waals surface area contributed by atoms with Crippen molar-refractivity contribution in [3.8, 4) is 0 Å². The Morgan fingerprint density at radius 3 is 2.05 bits per heavy atom. The molecule has 0 aliphatic carbocycles. The first-order valence-corrected chi connectivity index (χ1v) is 6.33. The van der Waals surface area contributed by atoms with Gasteiger partial charge in [-0.25, -0.2) is 4.79 Å². The number of amides is 1. The Bertz CT molecular complexity index is 654. The fourth-order valence-electron chi connectivity index (χ4n) is 2.68. The van der Waals surface area contributed by atoms with Crippen molar-refractivity contribution < 1.29 is 14.7 Å². The van der Waals surface area contributed by atoms with E-state index in [9.17, 15) is 14.7 Å². The summed E-state index contributed by atoms with van der Waals surface area (Å²) >= 11 is 0. The fraction of sp³-hybridized carbons (Fsp3) is 0.125. The summed E-state index contributed by atoms with van der Waals surface area (Å²) in [6.07, 6.45) is -0.0127. The lowest BCUT2D eigenvalue weighted by Gasteiger charge is -2.49. The molecule has 1 aliphatic rings. The van der Waals surface area contributed by atoms with Crippen molar-refractivity contribution in [3.63, 3.8) is 0 Å². The number of nitrogens with zero attached hydrogens (tertiary/aromatic N) is 1. The molecule has 1 fully saturated rings. The quantitative estimate of drug-likeness (QED) is 0.869. The van der Waals surface area contributed by atoms with Crippen molar-refractivity contribution in [1.29, 1.82) is 0 Å². The van der Waals surface area contributed by atoms with Gasteiger partial charge in [0, 0.05) is 5.69 Å². The van der Waals surface area contributed by atoms with Crippen LogP contribution in [0.5, 0.6) is 0 Å². The number of benzene rings is 2. The lowest BCUT2D eigenvalue weighted by atomic mass is 9.77. The molecule has 1 saturated heterocycles. The Morgan fingerprint density at radius 2 is 1.55 bits per heavy atom. The average molecular weight is 267 g/mol. The molecule has 1 amide bonds. The Hall–Kier alpha value is -2.62. The van der Waals surface area contributed by atoms with E-state index in [0.717, 1.165) is 0 Å². The maximum Gasteiger partial charge on any atom is 0.335 e. The van der Waals surface area contributed by atoms with Crippen LogP contribution in [0.4, 0.5) is 5.69 Å². The van der Waals surface area contributed by atoms with Gasteiger partial charge in [0.25, 0.3) is 0 Å². The Morgan fingerprint density at radius 1 is 1.00 bits per heavy atom. The number of β-lactam (4-membered cyclic amide) rings is 1. The molecule has 0 spiro atoms. The number of anilines is 1. The van der Waals surface area contributed by atoms with Crippen molar-refractivity contribution in [2.75, 3.05) is 4.90 Å². The van der Waals surface area contributed by atoms with Crippen molar-refractivity contribution in [3.05, 3.63) is 66.2 Å². The molecule has 0 unspecified atom stereocenters. The minimum Gasteiger partial charge on any atom is -0.479 e. The Kier molecular flexibility index (Phi) is 2.79. The molecule has 20 heavy (non-hydrogen) atoms. The number of aliphatic carboxylic acids is 1. The van der Waals surface area contributed by atoms with Crippen LogP contribution < -0.4 is 4.90 Å². The molecular formula is C16H13NO3. The van der Waals surface area contributed by atoms with Crippen molar-refractivity contribution >= 4 is 17.6 Å². The van der Waals surface area contributed by atoms with Gasteiger partial charge in [-0.1, -0.05) is 48.5 Å². The van der Waals surface area contributed by atoms with Gasteiger partial charge in [-0.2, -0.15) is 0 Å². The summed E-state index contributed by atoms with van der Waals surface area (Å²) in [6.45, 7) is 0. The molecule has 0 aromatic heterocycles. The van der Waals surface area contributed by atoms with E-state index in [1.54, 1.807) is 48.5 Å². The third kappa shape index (κ3) is 1.61. The zero-order valence-corrected chi connectivity index (χ0v) is 10.7. The minimum absolute atomic E-state index is 0.0127. The van der Waals surface area contributed by atoms with Crippen LogP contribution in [-0.4, -0.2) is 17.0 Å². The Labute approximate surface area is 116 Å². The summed E-state index contributed by atoms with van der Waals surface area (Å²) < 4.78 is 0. The highest BCUT2D eigenvalue weighted by Crippen LogP contribution is 2.44. The number of hydrogen-bond acceptors (Lipinski definition) is 2. The summed E-state index contributed by atoms with van der Waals surface area (Å²) in [7, 11) is 0. The highest BCUT2D eigenvalue weighted by Gasteiger charge is 2.58. The van der Waals surface area contributed by atoms with E-state index in [1.165, 1.54) is 4.90 Å². The van der Waals surface area contributed by atoms with Gasteiger partial charge in [-0.05, 0) is 17.7 Å². The van der Waals surface area contributed by atoms with E-state index < -0.39 is 11.5 Å². The van der Waals surface area contributed by atoms with E-state index >= 15 is 0 Å². The molecule has 100 valence electrons. The molecule has 1 atom stereocenters. The molecule has 1 N–H and O–H groups in total. The first-order chi connectivity index (χ1) is 9.66. The van der Waals surface area contributed by atoms with Gasteiger partial charge in [0.1, 0.15) is 0 Å². The van der Waals surface area contributed by atoms with Gasteiger partial charge < -0.3 is 5.11 Å². The number of carboxylic acid groups (broad SMARTS) is 1. The highest BCUT2D eigenvalue weighted by atomic mass is 16.4. The number of para-hydroxylation sites is 1. The molecule has 0 radical (unpaired) electrons. The van der Waals surface area contributed by atoms with Crippen molar-refractivity contribution in [1.82, 2.24) is 0 Å². The van der Waals surface area contributed by atoms with Crippen LogP contribution in [0.25, 0.3) is 0 Å². The number of carboxylic acids is 1. The van der Waals surface area contributed by atoms with E-state index in [4.69, 9.17) is 0 Å². The third-order valence-electron chi connectivity index (χ3n) is 3.66. The third-order valence-corrected chi connectivity index (χ3v) is 3.66. The topological polar surface area (TPSA) is 57.6 Å². The van der Waals surface area contributed by atoms with Crippen LogP contribution in [-0.2, 0) is 15.1 Å². The number of carbonyl (C=O) groups excluding carboxylic acids is 1. The van der Waals surface area contributed by atoms with Crippen LogP contribution in [0.1, 0.15) is 12.0 Å². The zero-order chi connectivity index (χ0) is 14.2. The predicted octanol–water partition coefficient (Wildman–Crippen LogP) is 2.40. The van der Waals surface area contributed by atoms with Gasteiger partial charge in [-0.15, -0.1) is 0 Å². The van der Waals surface area contributed by atoms with Crippen LogP contribution >= 0.6 is 0 Å². The summed E-state index contributed by atoms with van der Waals surface area (Å²) in [5.41, 5.74) is -0.0642. The lowest BCUT2D eigenvalue weighted by molar-refractivity contribution is -0.152. The standard InChI is InChI=1S/C16H13NO3/c18-14-11-16(15(19)20,12-7-3-1-4-8-12)17(14)13-9-5-2-6-10-13/h1-10H,11H2,(H,19,20)/t16-/m0/s1. The monoisotopic (exact) mass is 267 g/mol. The molecule has 0 bridgehead atoms. The lowest BCUT2D eigenvalue weighted by Crippen LogP contribution is -2.65. The molecule has 2 aromatic rings. The number of carbonyl (C=O) groups is 2. The second kappa shape index (κ2) is 4.49. The van der Waals surface area contributed by atoms with Crippen LogP contribution in [0.3, 0.4) is 0 Å². The van der Waals surface area contributed by atoms with Gasteiger partial charge in [-0.3, -0.25) is 9.69 Å².